The predicted molar refractivity (Wildman–Crippen MR) is 124 cm³/mol. The average molecular weight is 414 g/mol. The number of nitrogens with one attached hydrogen (secondary N) is 1. The molecule has 0 atom stereocenters. The highest BCUT2D eigenvalue weighted by Crippen LogP contribution is 2.31. The van der Waals surface area contributed by atoms with E-state index in [0.29, 0.717) is 6.54 Å². The van der Waals surface area contributed by atoms with Crippen LogP contribution in [0, 0.1) is 0 Å². The van der Waals surface area contributed by atoms with Gasteiger partial charge in [0.1, 0.15) is 17.1 Å². The number of aromatic nitrogens is 1. The number of anilines is 1. The minimum atomic E-state index is 0.585. The molecule has 0 saturated carbocycles. The molecule has 1 fully saturated rings. The largest absolute Gasteiger partial charge is 0.495 e. The molecule has 1 N–H and O–H groups in total. The summed E-state index contributed by atoms with van der Waals surface area (Å²) >= 11 is 0. The van der Waals surface area contributed by atoms with Crippen LogP contribution in [0.4, 0.5) is 5.69 Å². The van der Waals surface area contributed by atoms with Crippen molar-refractivity contribution in [1.82, 2.24) is 9.88 Å². The number of para-hydroxylation sites is 1. The lowest BCUT2D eigenvalue weighted by Gasteiger charge is -2.14. The van der Waals surface area contributed by atoms with Gasteiger partial charge in [-0.15, -0.1) is 0 Å². The zero-order chi connectivity index (χ0) is 21.0. The van der Waals surface area contributed by atoms with Crippen LogP contribution >= 0.6 is 0 Å². The zero-order valence-corrected chi connectivity index (χ0v) is 17.8. The molecule has 158 valence electrons. The Morgan fingerprint density at radius 1 is 1.00 bits per heavy atom. The maximum absolute atomic E-state index is 5.93. The third-order valence-electron chi connectivity index (χ3n) is 5.87. The van der Waals surface area contributed by atoms with Crippen molar-refractivity contribution < 1.29 is 9.15 Å². The van der Waals surface area contributed by atoms with E-state index in [2.05, 4.69) is 46.6 Å². The summed E-state index contributed by atoms with van der Waals surface area (Å²) in [5.41, 5.74) is 5.16. The summed E-state index contributed by atoms with van der Waals surface area (Å²) in [6.45, 7) is 3.89. The molecule has 1 aliphatic heterocycles. The Hall–Kier alpha value is -3.31. The smallest absolute Gasteiger partial charge is 0.142 e. The standard InChI is InChI=1S/C26H27N3O2/c1-30-26-11-9-19(21-8-10-22(27-16-21)18-29-12-4-5-13-29)15-24(26)28-17-23-14-20-6-2-3-7-25(20)31-23/h2-3,6-11,14-16,28H,4-5,12-13,17-18H2,1H3. The molecule has 0 radical (unpaired) electrons. The molecule has 0 spiro atoms. The molecule has 1 saturated heterocycles. The third kappa shape index (κ3) is 4.42. The van der Waals surface area contributed by atoms with Gasteiger partial charge in [-0.2, -0.15) is 0 Å². The number of pyridine rings is 1. The molecule has 1 aliphatic rings. The van der Waals surface area contributed by atoms with Gasteiger partial charge in [0, 0.05) is 23.7 Å². The van der Waals surface area contributed by atoms with Crippen molar-refractivity contribution in [2.24, 2.45) is 0 Å². The van der Waals surface area contributed by atoms with Crippen molar-refractivity contribution in [3.63, 3.8) is 0 Å². The minimum Gasteiger partial charge on any atom is -0.495 e. The van der Waals surface area contributed by atoms with Crippen LogP contribution in [0.15, 0.2) is 71.3 Å². The fourth-order valence-electron chi connectivity index (χ4n) is 4.19. The second-order valence-electron chi connectivity index (χ2n) is 8.04. The van der Waals surface area contributed by atoms with E-state index in [0.717, 1.165) is 51.5 Å². The third-order valence-corrected chi connectivity index (χ3v) is 5.87. The number of benzene rings is 2. The van der Waals surface area contributed by atoms with E-state index in [-0.39, 0.29) is 0 Å². The van der Waals surface area contributed by atoms with Gasteiger partial charge in [-0.25, -0.2) is 0 Å². The fraction of sp³-hybridized carbons (Fsp3) is 0.269. The van der Waals surface area contributed by atoms with Gasteiger partial charge < -0.3 is 14.5 Å². The second kappa shape index (κ2) is 8.82. The highest BCUT2D eigenvalue weighted by atomic mass is 16.5. The van der Waals surface area contributed by atoms with Crippen molar-refractivity contribution in [2.75, 3.05) is 25.5 Å². The molecule has 2 aromatic carbocycles. The summed E-state index contributed by atoms with van der Waals surface area (Å²) < 4.78 is 11.5. The van der Waals surface area contributed by atoms with Crippen LogP contribution in [0.25, 0.3) is 22.1 Å². The van der Waals surface area contributed by atoms with Crippen LogP contribution in [0.5, 0.6) is 5.75 Å². The summed E-state index contributed by atoms with van der Waals surface area (Å²) in [5, 5.41) is 4.58. The maximum Gasteiger partial charge on any atom is 0.142 e. The molecule has 5 rings (SSSR count). The van der Waals surface area contributed by atoms with Gasteiger partial charge in [-0.1, -0.05) is 30.3 Å². The monoisotopic (exact) mass is 413 g/mol. The lowest BCUT2D eigenvalue weighted by molar-refractivity contribution is 0.327. The predicted octanol–water partition coefficient (Wildman–Crippen LogP) is 5.71. The first-order valence-electron chi connectivity index (χ1n) is 10.9. The van der Waals surface area contributed by atoms with Gasteiger partial charge in [0.15, 0.2) is 0 Å². The molecule has 31 heavy (non-hydrogen) atoms. The first-order valence-corrected chi connectivity index (χ1v) is 10.9. The number of hydrogen-bond acceptors (Lipinski definition) is 5. The lowest BCUT2D eigenvalue weighted by atomic mass is 10.1. The SMILES string of the molecule is COc1ccc(-c2ccc(CN3CCCC3)nc2)cc1NCc1cc2ccccc2o1. The Bertz CT molecular complexity index is 1130. The van der Waals surface area contributed by atoms with Gasteiger partial charge >= 0.3 is 0 Å². The first kappa shape index (κ1) is 19.6. The molecule has 0 bridgehead atoms. The van der Waals surface area contributed by atoms with E-state index in [9.17, 15) is 0 Å². The van der Waals surface area contributed by atoms with Crippen molar-refractivity contribution >= 4 is 16.7 Å². The number of hydrogen-bond donors (Lipinski definition) is 1. The lowest BCUT2D eigenvalue weighted by Crippen LogP contribution is -2.18. The Morgan fingerprint density at radius 2 is 1.84 bits per heavy atom. The second-order valence-corrected chi connectivity index (χ2v) is 8.04. The van der Waals surface area contributed by atoms with Gasteiger partial charge in [0.25, 0.3) is 0 Å². The normalized spacial score (nSPS) is 14.2. The van der Waals surface area contributed by atoms with Gasteiger partial charge in [-0.05, 0) is 61.8 Å². The van der Waals surface area contributed by atoms with Crippen LogP contribution in [0.3, 0.4) is 0 Å². The Kier molecular flexibility index (Phi) is 5.59. The van der Waals surface area contributed by atoms with Crippen LogP contribution < -0.4 is 10.1 Å². The van der Waals surface area contributed by atoms with Crippen LogP contribution in [-0.2, 0) is 13.1 Å². The molecule has 5 nitrogen and oxygen atoms in total. The van der Waals surface area contributed by atoms with Gasteiger partial charge in [0.2, 0.25) is 0 Å². The average Bonchev–Trinajstić information content (AvgIpc) is 3.47. The number of fused-ring (bicyclic) bond motifs is 1. The van der Waals surface area contributed by atoms with Crippen molar-refractivity contribution in [2.45, 2.75) is 25.9 Å². The van der Waals surface area contributed by atoms with Crippen molar-refractivity contribution in [1.29, 1.82) is 0 Å². The zero-order valence-electron chi connectivity index (χ0n) is 17.8. The summed E-state index contributed by atoms with van der Waals surface area (Å²) in [5.74, 6) is 1.69. The van der Waals surface area contributed by atoms with E-state index in [4.69, 9.17) is 14.1 Å². The van der Waals surface area contributed by atoms with Crippen molar-refractivity contribution in [3.8, 4) is 16.9 Å². The summed E-state index contributed by atoms with van der Waals surface area (Å²) in [7, 11) is 1.69. The van der Waals surface area contributed by atoms with Crippen LogP contribution in [-0.4, -0.2) is 30.1 Å². The molecule has 4 aromatic rings. The number of methoxy groups -OCH3 is 1. The highest BCUT2D eigenvalue weighted by molar-refractivity contribution is 5.78. The van der Waals surface area contributed by atoms with Gasteiger partial charge in [0.05, 0.1) is 25.0 Å². The summed E-state index contributed by atoms with van der Waals surface area (Å²) in [6, 6.07) is 20.6. The summed E-state index contributed by atoms with van der Waals surface area (Å²) in [6.07, 6.45) is 4.57. The molecule has 0 aliphatic carbocycles. The molecular weight excluding hydrogens is 386 g/mol. The highest BCUT2D eigenvalue weighted by Gasteiger charge is 2.13. The van der Waals surface area contributed by atoms with E-state index in [1.807, 2.05) is 30.5 Å². The topological polar surface area (TPSA) is 50.5 Å². The number of likely N-dealkylation sites (tertiary alicyclic amines) is 1. The number of rotatable bonds is 7. The Morgan fingerprint density at radius 3 is 2.61 bits per heavy atom. The number of furan rings is 1. The Labute approximate surface area is 182 Å². The summed E-state index contributed by atoms with van der Waals surface area (Å²) in [4.78, 5) is 7.17. The Balaban J connectivity index is 1.32. The van der Waals surface area contributed by atoms with Gasteiger partial charge in [-0.3, -0.25) is 9.88 Å². The molecule has 5 heteroatoms. The molecule has 3 heterocycles. The van der Waals surface area contributed by atoms with E-state index in [1.165, 1.54) is 25.9 Å². The van der Waals surface area contributed by atoms with E-state index in [1.54, 1.807) is 7.11 Å². The number of ether oxygens (including phenoxy) is 1. The minimum absolute atomic E-state index is 0.585. The molecule has 0 amide bonds. The molecule has 2 aromatic heterocycles. The molecular formula is C26H27N3O2. The molecule has 0 unspecified atom stereocenters. The fourth-order valence-corrected chi connectivity index (χ4v) is 4.19. The number of nitrogens with zero attached hydrogens (tertiary/aromatic N) is 2. The first-order chi connectivity index (χ1) is 15.3. The quantitative estimate of drug-likeness (QED) is 0.420. The van der Waals surface area contributed by atoms with Crippen LogP contribution in [0.2, 0.25) is 0 Å². The van der Waals surface area contributed by atoms with E-state index < -0.39 is 0 Å². The van der Waals surface area contributed by atoms with E-state index >= 15 is 0 Å². The maximum atomic E-state index is 5.93. The van der Waals surface area contributed by atoms with Crippen LogP contribution in [0.1, 0.15) is 24.3 Å². The van der Waals surface area contributed by atoms with Crippen molar-refractivity contribution in [3.05, 3.63) is 78.3 Å².